The molecular weight excluding hydrogens is 364 g/mol. The Morgan fingerprint density at radius 3 is 0.815 bits per heavy atom. The van der Waals surface area contributed by atoms with Crippen molar-refractivity contribution in [2.75, 3.05) is 13.2 Å². The van der Waals surface area contributed by atoms with Crippen molar-refractivity contribution in [2.45, 2.75) is 65.2 Å². The molecule has 6 N–H and O–H groups in total. The number of hydrogen-bond acceptors (Lipinski definition) is 6. The molecule has 10 heteroatoms. The van der Waals surface area contributed by atoms with E-state index in [0.717, 1.165) is 0 Å². The van der Waals surface area contributed by atoms with Crippen LogP contribution in [0.3, 0.4) is 0 Å². The zero-order valence-corrected chi connectivity index (χ0v) is 15.9. The van der Waals surface area contributed by atoms with Gasteiger partial charge < -0.3 is 30.6 Å². The van der Waals surface area contributed by atoms with E-state index < -0.39 is 23.9 Å². The van der Waals surface area contributed by atoms with Crippen LogP contribution in [0.5, 0.6) is 0 Å². The lowest BCUT2D eigenvalue weighted by atomic mass is 9.97. The summed E-state index contributed by atoms with van der Waals surface area (Å²) in [5.74, 6) is -3.48. The van der Waals surface area contributed by atoms with Gasteiger partial charge in [-0.05, 0) is 25.7 Å². The third kappa shape index (κ3) is 35.7. The maximum atomic E-state index is 9.90. The molecule has 0 bridgehead atoms. The lowest BCUT2D eigenvalue weighted by molar-refractivity contribution is -0.139. The lowest BCUT2D eigenvalue weighted by Crippen LogP contribution is -2.20. The summed E-state index contributed by atoms with van der Waals surface area (Å²) < 4.78 is 0. The number of carboxylic acids is 4. The second-order valence-corrected chi connectivity index (χ2v) is 6.47. The molecule has 0 aliphatic carbocycles. The number of unbranched alkanes of at least 4 members (excludes halogenated alkanes) is 2. The fourth-order valence-electron chi connectivity index (χ4n) is 1.15. The molecule has 160 valence electrons. The highest BCUT2D eigenvalue weighted by Crippen LogP contribution is 2.10. The Morgan fingerprint density at radius 2 is 0.741 bits per heavy atom. The Bertz CT molecular complexity index is 361. The molecule has 0 rings (SSSR count). The molecule has 0 fully saturated rings. The minimum atomic E-state index is -0.870. The number of aliphatic hydroxyl groups is 2. The fraction of sp³-hybridized carbons (Fsp3) is 0.765. The number of aliphatic hydroxyl groups excluding tert-OH is 2. The van der Waals surface area contributed by atoms with Crippen LogP contribution in [0.1, 0.15) is 65.2 Å². The maximum absolute atomic E-state index is 9.90. The van der Waals surface area contributed by atoms with E-state index in [9.17, 15) is 19.2 Å². The Hall–Kier alpha value is -2.20. The Morgan fingerprint density at radius 1 is 0.556 bits per heavy atom. The van der Waals surface area contributed by atoms with Gasteiger partial charge in [-0.2, -0.15) is 0 Å². The van der Waals surface area contributed by atoms with Crippen LogP contribution in [-0.4, -0.2) is 67.7 Å². The van der Waals surface area contributed by atoms with Crippen LogP contribution in [0, 0.1) is 5.41 Å². The normalized spacial score (nSPS) is 9.93. The van der Waals surface area contributed by atoms with Crippen LogP contribution in [0.2, 0.25) is 0 Å². The van der Waals surface area contributed by atoms with Gasteiger partial charge in [0.1, 0.15) is 0 Å². The van der Waals surface area contributed by atoms with Crippen molar-refractivity contribution in [2.24, 2.45) is 5.41 Å². The molecule has 0 saturated heterocycles. The van der Waals surface area contributed by atoms with Crippen molar-refractivity contribution in [3.63, 3.8) is 0 Å². The van der Waals surface area contributed by atoms with Crippen molar-refractivity contribution in [3.8, 4) is 0 Å². The molecule has 0 amide bonds. The quantitative estimate of drug-likeness (QED) is 0.263. The average molecular weight is 396 g/mol. The third-order valence-electron chi connectivity index (χ3n) is 2.92. The summed E-state index contributed by atoms with van der Waals surface area (Å²) in [6.07, 6.45) is 2.04. The standard InChI is InChI=1S/2C6H10O4.C5H12O2/c2*7-5(8)3-1-2-4-6(9)10;1-5(2,3-6)4-7/h2*1-4H2,(H,7,8)(H,9,10);6-7H,3-4H2,1-2H3. The molecule has 0 aromatic heterocycles. The third-order valence-corrected chi connectivity index (χ3v) is 2.92. The number of hydrogen-bond donors (Lipinski definition) is 6. The van der Waals surface area contributed by atoms with E-state index in [1.165, 1.54) is 0 Å². The van der Waals surface area contributed by atoms with E-state index >= 15 is 0 Å². The Labute approximate surface area is 158 Å². The smallest absolute Gasteiger partial charge is 0.303 e. The molecule has 10 nitrogen and oxygen atoms in total. The van der Waals surface area contributed by atoms with E-state index in [0.29, 0.717) is 25.7 Å². The van der Waals surface area contributed by atoms with Gasteiger partial charge >= 0.3 is 23.9 Å². The lowest BCUT2D eigenvalue weighted by Gasteiger charge is -2.16. The molecule has 0 heterocycles. The molecule has 0 atom stereocenters. The van der Waals surface area contributed by atoms with Crippen molar-refractivity contribution in [1.29, 1.82) is 0 Å². The SMILES string of the molecule is CC(C)(CO)CO.O=C(O)CCCCC(=O)O.O=C(O)CCCCC(=O)O. The van der Waals surface area contributed by atoms with Gasteiger partial charge in [-0.25, -0.2) is 0 Å². The van der Waals surface area contributed by atoms with Crippen LogP contribution < -0.4 is 0 Å². The van der Waals surface area contributed by atoms with Gasteiger partial charge in [-0.3, -0.25) is 19.2 Å². The van der Waals surface area contributed by atoms with Gasteiger partial charge in [0.2, 0.25) is 0 Å². The molecule has 27 heavy (non-hydrogen) atoms. The topological polar surface area (TPSA) is 190 Å². The molecule has 0 radical (unpaired) electrons. The molecule has 0 aliphatic heterocycles. The summed E-state index contributed by atoms with van der Waals surface area (Å²) in [7, 11) is 0. The predicted molar refractivity (Wildman–Crippen MR) is 95.4 cm³/mol. The Balaban J connectivity index is -0.000000326. The van der Waals surface area contributed by atoms with Gasteiger partial charge in [-0.1, -0.05) is 13.8 Å². The van der Waals surface area contributed by atoms with Crippen LogP contribution in [0.15, 0.2) is 0 Å². The first-order chi connectivity index (χ1) is 12.4. The van der Waals surface area contributed by atoms with Gasteiger partial charge in [-0.15, -0.1) is 0 Å². The highest BCUT2D eigenvalue weighted by molar-refractivity contribution is 5.68. The van der Waals surface area contributed by atoms with Crippen molar-refractivity contribution in [1.82, 2.24) is 0 Å². The molecule has 0 spiro atoms. The monoisotopic (exact) mass is 396 g/mol. The number of rotatable bonds is 12. The molecule has 0 saturated carbocycles. The summed E-state index contributed by atoms with van der Waals surface area (Å²) in [5, 5.41) is 49.4. The second kappa shape index (κ2) is 18.6. The predicted octanol–water partition coefficient (Wildman–Crippen LogP) is 1.43. The van der Waals surface area contributed by atoms with Crippen LogP contribution >= 0.6 is 0 Å². The molecule has 0 unspecified atom stereocenters. The van der Waals surface area contributed by atoms with E-state index in [4.69, 9.17) is 30.6 Å². The van der Waals surface area contributed by atoms with Crippen molar-refractivity contribution < 1.29 is 49.8 Å². The van der Waals surface area contributed by atoms with Gasteiger partial charge in [0.15, 0.2) is 0 Å². The molecule has 0 aromatic carbocycles. The van der Waals surface area contributed by atoms with Crippen LogP contribution in [0.4, 0.5) is 0 Å². The summed E-state index contributed by atoms with van der Waals surface area (Å²) in [5.41, 5.74) is -0.306. The van der Waals surface area contributed by atoms with Gasteiger partial charge in [0.05, 0.1) is 13.2 Å². The van der Waals surface area contributed by atoms with E-state index in [2.05, 4.69) is 0 Å². The minimum absolute atomic E-state index is 0.0451. The number of carboxylic acid groups (broad SMARTS) is 4. The van der Waals surface area contributed by atoms with Crippen molar-refractivity contribution in [3.05, 3.63) is 0 Å². The zero-order chi connectivity index (χ0) is 21.9. The fourth-order valence-corrected chi connectivity index (χ4v) is 1.15. The van der Waals surface area contributed by atoms with Gasteiger partial charge in [0.25, 0.3) is 0 Å². The first-order valence-corrected chi connectivity index (χ1v) is 8.46. The van der Waals surface area contributed by atoms with Crippen molar-refractivity contribution >= 4 is 23.9 Å². The first-order valence-electron chi connectivity index (χ1n) is 8.46. The van der Waals surface area contributed by atoms with Crippen LogP contribution in [-0.2, 0) is 19.2 Å². The molecule has 0 aromatic rings. The van der Waals surface area contributed by atoms with E-state index in [1.807, 2.05) is 0 Å². The largest absolute Gasteiger partial charge is 0.481 e. The summed E-state index contributed by atoms with van der Waals surface area (Å²) in [6, 6.07) is 0. The number of aliphatic carboxylic acids is 4. The van der Waals surface area contributed by atoms with E-state index in [1.54, 1.807) is 13.8 Å². The average Bonchev–Trinajstić information content (AvgIpc) is 2.56. The highest BCUT2D eigenvalue weighted by Gasteiger charge is 2.13. The van der Waals surface area contributed by atoms with Crippen LogP contribution in [0.25, 0.3) is 0 Å². The molecular formula is C17H32O10. The van der Waals surface area contributed by atoms with E-state index in [-0.39, 0.29) is 44.3 Å². The maximum Gasteiger partial charge on any atom is 0.303 e. The summed E-state index contributed by atoms with van der Waals surface area (Å²) >= 11 is 0. The Kier molecular flexibility index (Phi) is 20.3. The summed E-state index contributed by atoms with van der Waals surface area (Å²) in [6.45, 7) is 3.69. The zero-order valence-electron chi connectivity index (χ0n) is 15.9. The minimum Gasteiger partial charge on any atom is -0.481 e. The second-order valence-electron chi connectivity index (χ2n) is 6.47. The summed E-state index contributed by atoms with van der Waals surface area (Å²) in [4.78, 5) is 39.6. The number of carbonyl (C=O) groups is 4. The first kappa shape index (κ1) is 29.6. The highest BCUT2D eigenvalue weighted by atomic mass is 16.4. The molecule has 0 aliphatic rings. The van der Waals surface area contributed by atoms with Gasteiger partial charge in [0, 0.05) is 31.1 Å².